The number of aromatic nitrogens is 2. The van der Waals surface area contributed by atoms with Crippen LogP contribution in [0.15, 0.2) is 23.0 Å². The molecule has 0 bridgehead atoms. The van der Waals surface area contributed by atoms with Crippen LogP contribution in [0.2, 0.25) is 5.02 Å². The Labute approximate surface area is 94.7 Å². The number of fused-ring (bicyclic) bond motifs is 1. The fourth-order valence-corrected chi connectivity index (χ4v) is 1.56. The molecule has 6 heteroatoms. The SMILES string of the molecule is O=C(O)Cc1nc2ccc(Cl)cc2c(=O)[nH]1. The number of nitrogens with one attached hydrogen (secondary N) is 1. The Morgan fingerprint density at radius 2 is 2.25 bits per heavy atom. The van der Waals surface area contributed by atoms with Crippen LogP contribution >= 0.6 is 11.6 Å². The Bertz CT molecular complexity index is 621. The molecule has 16 heavy (non-hydrogen) atoms. The van der Waals surface area contributed by atoms with Gasteiger partial charge < -0.3 is 10.1 Å². The number of hydrogen-bond acceptors (Lipinski definition) is 3. The number of halogens is 1. The van der Waals surface area contributed by atoms with E-state index in [9.17, 15) is 9.59 Å². The molecule has 0 saturated carbocycles. The zero-order chi connectivity index (χ0) is 11.7. The molecule has 1 heterocycles. The fourth-order valence-electron chi connectivity index (χ4n) is 1.39. The van der Waals surface area contributed by atoms with Crippen molar-refractivity contribution in [2.45, 2.75) is 6.42 Å². The van der Waals surface area contributed by atoms with Crippen LogP contribution in [0.1, 0.15) is 5.82 Å². The van der Waals surface area contributed by atoms with Crippen molar-refractivity contribution in [3.63, 3.8) is 0 Å². The first-order valence-electron chi connectivity index (χ1n) is 4.46. The first-order valence-corrected chi connectivity index (χ1v) is 4.84. The highest BCUT2D eigenvalue weighted by molar-refractivity contribution is 6.31. The molecule has 2 aromatic rings. The van der Waals surface area contributed by atoms with Crippen LogP contribution in [0, 0.1) is 0 Å². The number of benzene rings is 1. The number of H-pyrrole nitrogens is 1. The fraction of sp³-hybridized carbons (Fsp3) is 0.100. The lowest BCUT2D eigenvalue weighted by molar-refractivity contribution is -0.136. The second-order valence-electron chi connectivity index (χ2n) is 3.24. The van der Waals surface area contributed by atoms with E-state index in [2.05, 4.69) is 9.97 Å². The number of carboxylic acid groups (broad SMARTS) is 1. The van der Waals surface area contributed by atoms with Gasteiger partial charge in [-0.25, -0.2) is 4.98 Å². The summed E-state index contributed by atoms with van der Waals surface area (Å²) in [7, 11) is 0. The standard InChI is InChI=1S/C10H7ClN2O3/c11-5-1-2-7-6(3-5)10(16)13-8(12-7)4-9(14)15/h1-3H,4H2,(H,14,15)(H,12,13,16). The predicted molar refractivity (Wildman–Crippen MR) is 58.7 cm³/mol. The van der Waals surface area contributed by atoms with E-state index in [-0.39, 0.29) is 17.8 Å². The van der Waals surface area contributed by atoms with E-state index >= 15 is 0 Å². The number of aliphatic carboxylic acids is 1. The van der Waals surface area contributed by atoms with Crippen molar-refractivity contribution in [1.29, 1.82) is 0 Å². The molecule has 0 fully saturated rings. The molecule has 5 nitrogen and oxygen atoms in total. The third kappa shape index (κ3) is 2.04. The first-order chi connectivity index (χ1) is 7.56. The lowest BCUT2D eigenvalue weighted by Crippen LogP contribution is -2.14. The summed E-state index contributed by atoms with van der Waals surface area (Å²) in [6.07, 6.45) is -0.312. The molecule has 0 radical (unpaired) electrons. The van der Waals surface area contributed by atoms with Gasteiger partial charge in [0, 0.05) is 5.02 Å². The summed E-state index contributed by atoms with van der Waals surface area (Å²) in [6.45, 7) is 0. The summed E-state index contributed by atoms with van der Waals surface area (Å²) in [4.78, 5) is 28.5. The van der Waals surface area contributed by atoms with E-state index in [1.165, 1.54) is 6.07 Å². The van der Waals surface area contributed by atoms with Gasteiger partial charge in [0.05, 0.1) is 10.9 Å². The van der Waals surface area contributed by atoms with Crippen molar-refractivity contribution in [3.05, 3.63) is 39.4 Å². The highest BCUT2D eigenvalue weighted by Gasteiger charge is 2.07. The number of aromatic amines is 1. The zero-order valence-electron chi connectivity index (χ0n) is 8.03. The Hall–Kier alpha value is -1.88. The van der Waals surface area contributed by atoms with Gasteiger partial charge in [-0.05, 0) is 18.2 Å². The molecule has 0 atom stereocenters. The molecule has 0 aliphatic heterocycles. The van der Waals surface area contributed by atoms with Gasteiger partial charge in [0.25, 0.3) is 5.56 Å². The van der Waals surface area contributed by atoms with Gasteiger partial charge in [-0.3, -0.25) is 9.59 Å². The minimum atomic E-state index is -1.04. The van der Waals surface area contributed by atoms with Crippen LogP contribution in [0.3, 0.4) is 0 Å². The highest BCUT2D eigenvalue weighted by Crippen LogP contribution is 2.14. The molecule has 0 aliphatic carbocycles. The average Bonchev–Trinajstić information content (AvgIpc) is 2.18. The average molecular weight is 239 g/mol. The third-order valence-electron chi connectivity index (χ3n) is 2.04. The van der Waals surface area contributed by atoms with Crippen molar-refractivity contribution in [3.8, 4) is 0 Å². The van der Waals surface area contributed by atoms with Crippen LogP contribution in [-0.2, 0) is 11.2 Å². The smallest absolute Gasteiger partial charge is 0.311 e. The maximum Gasteiger partial charge on any atom is 0.311 e. The number of carbonyl (C=O) groups is 1. The van der Waals surface area contributed by atoms with Crippen molar-refractivity contribution in [2.75, 3.05) is 0 Å². The number of rotatable bonds is 2. The van der Waals surface area contributed by atoms with E-state index in [1.54, 1.807) is 12.1 Å². The second kappa shape index (κ2) is 3.94. The molecule has 2 rings (SSSR count). The van der Waals surface area contributed by atoms with Crippen molar-refractivity contribution < 1.29 is 9.90 Å². The molecule has 2 N–H and O–H groups in total. The van der Waals surface area contributed by atoms with Gasteiger partial charge in [0.1, 0.15) is 12.2 Å². The van der Waals surface area contributed by atoms with Gasteiger partial charge in [-0.15, -0.1) is 0 Å². The molecule has 0 amide bonds. The second-order valence-corrected chi connectivity index (χ2v) is 3.68. The van der Waals surface area contributed by atoms with Crippen molar-refractivity contribution in [2.24, 2.45) is 0 Å². The summed E-state index contributed by atoms with van der Waals surface area (Å²) in [5.41, 5.74) is 0.0492. The van der Waals surface area contributed by atoms with Gasteiger partial charge in [-0.1, -0.05) is 11.6 Å². The Balaban J connectivity index is 2.64. The summed E-state index contributed by atoms with van der Waals surface area (Å²) < 4.78 is 0. The lowest BCUT2D eigenvalue weighted by Gasteiger charge is -2.00. The molecule has 0 aliphatic rings. The number of nitrogens with zero attached hydrogens (tertiary/aromatic N) is 1. The minimum absolute atomic E-state index is 0.132. The van der Waals surface area contributed by atoms with Gasteiger partial charge in [-0.2, -0.15) is 0 Å². The molecule has 1 aromatic heterocycles. The van der Waals surface area contributed by atoms with E-state index < -0.39 is 5.97 Å². The maximum absolute atomic E-state index is 11.6. The van der Waals surface area contributed by atoms with Gasteiger partial charge in [0.15, 0.2) is 0 Å². The van der Waals surface area contributed by atoms with Crippen LogP contribution in [0.5, 0.6) is 0 Å². The summed E-state index contributed by atoms with van der Waals surface area (Å²) in [6, 6.07) is 4.67. The zero-order valence-corrected chi connectivity index (χ0v) is 8.78. The molecule has 0 unspecified atom stereocenters. The summed E-state index contributed by atoms with van der Waals surface area (Å²) in [5, 5.41) is 9.38. The Kier molecular flexibility index (Phi) is 2.62. The highest BCUT2D eigenvalue weighted by atomic mass is 35.5. The minimum Gasteiger partial charge on any atom is -0.481 e. The van der Waals surface area contributed by atoms with Crippen LogP contribution in [-0.4, -0.2) is 21.0 Å². The monoisotopic (exact) mass is 238 g/mol. The van der Waals surface area contributed by atoms with Crippen molar-refractivity contribution in [1.82, 2.24) is 9.97 Å². The van der Waals surface area contributed by atoms with Crippen LogP contribution < -0.4 is 5.56 Å². The molecular weight excluding hydrogens is 232 g/mol. The van der Waals surface area contributed by atoms with Crippen molar-refractivity contribution >= 4 is 28.5 Å². The van der Waals surface area contributed by atoms with E-state index in [4.69, 9.17) is 16.7 Å². The largest absolute Gasteiger partial charge is 0.481 e. The molecule has 0 saturated heterocycles. The Morgan fingerprint density at radius 3 is 2.94 bits per heavy atom. The summed E-state index contributed by atoms with van der Waals surface area (Å²) in [5.74, 6) is -0.913. The lowest BCUT2D eigenvalue weighted by atomic mass is 10.2. The van der Waals surface area contributed by atoms with Gasteiger partial charge in [0.2, 0.25) is 0 Å². The van der Waals surface area contributed by atoms with Gasteiger partial charge >= 0.3 is 5.97 Å². The topological polar surface area (TPSA) is 83.0 Å². The van der Waals surface area contributed by atoms with Crippen LogP contribution in [0.4, 0.5) is 0 Å². The number of hydrogen-bond donors (Lipinski definition) is 2. The van der Waals surface area contributed by atoms with E-state index in [0.717, 1.165) is 0 Å². The third-order valence-corrected chi connectivity index (χ3v) is 2.27. The molecular formula is C10H7ClN2O3. The molecule has 1 aromatic carbocycles. The predicted octanol–water partition coefficient (Wildman–Crippen LogP) is 1.20. The Morgan fingerprint density at radius 1 is 1.50 bits per heavy atom. The van der Waals surface area contributed by atoms with Crippen LogP contribution in [0.25, 0.3) is 10.9 Å². The first kappa shape index (κ1) is 10.6. The van der Waals surface area contributed by atoms with E-state index in [1.807, 2.05) is 0 Å². The normalized spacial score (nSPS) is 10.6. The van der Waals surface area contributed by atoms with E-state index in [0.29, 0.717) is 15.9 Å². The quantitative estimate of drug-likeness (QED) is 0.824. The maximum atomic E-state index is 11.6. The number of carboxylic acids is 1. The summed E-state index contributed by atoms with van der Waals surface area (Å²) >= 11 is 5.74. The molecule has 0 spiro atoms. The molecule has 82 valence electrons.